The van der Waals surface area contributed by atoms with Crippen molar-refractivity contribution in [2.75, 3.05) is 61.0 Å². The Morgan fingerprint density at radius 1 is 1.00 bits per heavy atom. The van der Waals surface area contributed by atoms with E-state index in [1.165, 1.54) is 0 Å². The molecule has 1 N–H and O–H groups in total. The second kappa shape index (κ2) is 9.83. The van der Waals surface area contributed by atoms with Crippen molar-refractivity contribution in [1.82, 2.24) is 4.90 Å². The van der Waals surface area contributed by atoms with Crippen LogP contribution in [0.5, 0.6) is 5.75 Å². The summed E-state index contributed by atoms with van der Waals surface area (Å²) in [4.78, 5) is 30.7. The zero-order chi connectivity index (χ0) is 21.6. The van der Waals surface area contributed by atoms with Crippen molar-refractivity contribution in [3.8, 4) is 5.75 Å². The first-order chi connectivity index (χ1) is 15.1. The Labute approximate surface area is 183 Å². The van der Waals surface area contributed by atoms with Crippen LogP contribution in [0.25, 0.3) is 0 Å². The molecule has 2 aromatic rings. The predicted octanol–water partition coefficient (Wildman–Crippen LogP) is 2.97. The van der Waals surface area contributed by atoms with E-state index in [0.717, 1.165) is 62.0 Å². The first kappa shape index (κ1) is 21.2. The predicted molar refractivity (Wildman–Crippen MR) is 123 cm³/mol. The molecule has 4 rings (SSSR count). The minimum absolute atomic E-state index is 0.0202. The van der Waals surface area contributed by atoms with Gasteiger partial charge >= 0.3 is 0 Å². The lowest BCUT2D eigenvalue weighted by molar-refractivity contribution is -0.118. The number of piperazine rings is 1. The quantitative estimate of drug-likeness (QED) is 0.743. The lowest BCUT2D eigenvalue weighted by Gasteiger charge is -2.36. The van der Waals surface area contributed by atoms with Crippen LogP contribution in [-0.4, -0.2) is 62.6 Å². The monoisotopic (exact) mass is 422 g/mol. The van der Waals surface area contributed by atoms with Crippen molar-refractivity contribution in [2.45, 2.75) is 19.8 Å². The number of hydrogen-bond acceptors (Lipinski definition) is 5. The maximum absolute atomic E-state index is 12.5. The van der Waals surface area contributed by atoms with Crippen LogP contribution in [0.4, 0.5) is 17.1 Å². The molecule has 7 nitrogen and oxygen atoms in total. The lowest BCUT2D eigenvalue weighted by Crippen LogP contribution is -2.48. The summed E-state index contributed by atoms with van der Waals surface area (Å²) in [6, 6.07) is 15.6. The number of amides is 2. The van der Waals surface area contributed by atoms with Gasteiger partial charge in [-0.15, -0.1) is 0 Å². The zero-order valence-electron chi connectivity index (χ0n) is 18.0. The summed E-state index contributed by atoms with van der Waals surface area (Å²) in [5.41, 5.74) is 2.76. The molecule has 0 aliphatic carbocycles. The number of nitrogens with one attached hydrogen (secondary N) is 1. The number of ether oxygens (including phenoxy) is 1. The molecule has 2 amide bonds. The van der Waals surface area contributed by atoms with E-state index in [1.807, 2.05) is 49.4 Å². The third-order valence-electron chi connectivity index (χ3n) is 5.78. The summed E-state index contributed by atoms with van der Waals surface area (Å²) < 4.78 is 5.75. The van der Waals surface area contributed by atoms with Gasteiger partial charge in [0.15, 0.2) is 0 Å². The molecule has 0 aromatic heterocycles. The maximum atomic E-state index is 12.5. The van der Waals surface area contributed by atoms with Gasteiger partial charge in [-0.3, -0.25) is 14.5 Å². The van der Waals surface area contributed by atoms with Gasteiger partial charge in [-0.1, -0.05) is 12.1 Å². The third-order valence-corrected chi connectivity index (χ3v) is 5.78. The van der Waals surface area contributed by atoms with E-state index in [1.54, 1.807) is 4.90 Å². The van der Waals surface area contributed by atoms with E-state index in [0.29, 0.717) is 19.6 Å². The molecule has 2 aliphatic rings. The number of carbonyl (C=O) groups excluding carboxylic acids is 2. The highest BCUT2D eigenvalue weighted by Crippen LogP contribution is 2.29. The molecule has 2 heterocycles. The van der Waals surface area contributed by atoms with Gasteiger partial charge in [0.05, 0.1) is 18.8 Å². The molecule has 2 fully saturated rings. The number of para-hydroxylation sites is 2. The van der Waals surface area contributed by atoms with Gasteiger partial charge in [0.2, 0.25) is 11.8 Å². The van der Waals surface area contributed by atoms with Crippen molar-refractivity contribution < 1.29 is 14.3 Å². The van der Waals surface area contributed by atoms with Gasteiger partial charge in [0, 0.05) is 50.5 Å². The highest BCUT2D eigenvalue weighted by atomic mass is 16.5. The lowest BCUT2D eigenvalue weighted by atomic mass is 10.2. The molecule has 2 saturated heterocycles. The molecule has 0 radical (unpaired) electrons. The van der Waals surface area contributed by atoms with Gasteiger partial charge in [0.25, 0.3) is 0 Å². The normalized spacial score (nSPS) is 17.1. The van der Waals surface area contributed by atoms with Crippen LogP contribution >= 0.6 is 0 Å². The number of rotatable bonds is 7. The van der Waals surface area contributed by atoms with Crippen LogP contribution in [0.1, 0.15) is 19.8 Å². The summed E-state index contributed by atoms with van der Waals surface area (Å²) in [5.74, 6) is 1.06. The van der Waals surface area contributed by atoms with Crippen molar-refractivity contribution in [3.05, 3.63) is 48.5 Å². The molecular formula is C24H30N4O3. The molecule has 164 valence electrons. The number of benzene rings is 2. The summed E-state index contributed by atoms with van der Waals surface area (Å²) >= 11 is 0. The number of anilines is 3. The van der Waals surface area contributed by atoms with Crippen molar-refractivity contribution in [2.24, 2.45) is 0 Å². The van der Waals surface area contributed by atoms with E-state index in [4.69, 9.17) is 4.74 Å². The van der Waals surface area contributed by atoms with E-state index < -0.39 is 0 Å². The maximum Gasteiger partial charge on any atom is 0.238 e. The Balaban J connectivity index is 1.26. The molecule has 2 aromatic carbocycles. The van der Waals surface area contributed by atoms with Crippen molar-refractivity contribution in [1.29, 1.82) is 0 Å². The number of nitrogens with zero attached hydrogens (tertiary/aromatic N) is 3. The summed E-state index contributed by atoms with van der Waals surface area (Å²) in [7, 11) is 0. The Hall–Kier alpha value is -3.06. The van der Waals surface area contributed by atoms with Crippen molar-refractivity contribution >= 4 is 28.9 Å². The van der Waals surface area contributed by atoms with E-state index in [9.17, 15) is 9.59 Å². The zero-order valence-corrected chi connectivity index (χ0v) is 18.0. The molecule has 31 heavy (non-hydrogen) atoms. The van der Waals surface area contributed by atoms with Gasteiger partial charge in [-0.2, -0.15) is 0 Å². The van der Waals surface area contributed by atoms with Crippen LogP contribution in [0, 0.1) is 0 Å². The average molecular weight is 423 g/mol. The molecule has 0 bridgehead atoms. The minimum atomic E-state index is -0.0202. The van der Waals surface area contributed by atoms with Crippen LogP contribution in [0.15, 0.2) is 48.5 Å². The van der Waals surface area contributed by atoms with E-state index in [-0.39, 0.29) is 11.8 Å². The summed E-state index contributed by atoms with van der Waals surface area (Å²) in [6.07, 6.45) is 1.52. The van der Waals surface area contributed by atoms with Crippen LogP contribution in [-0.2, 0) is 9.59 Å². The standard InChI is InChI=1S/C24H30N4O3/c1-2-31-22-7-4-3-6-21(22)27-16-14-26(15-17-27)18-23(29)25-19-9-11-20(12-10-19)28-13-5-8-24(28)30/h3-4,6-7,9-12H,2,5,8,13-18H2,1H3,(H,25,29). The first-order valence-corrected chi connectivity index (χ1v) is 11.0. The fourth-order valence-electron chi connectivity index (χ4n) is 4.19. The molecule has 7 heteroatoms. The third kappa shape index (κ3) is 5.17. The van der Waals surface area contributed by atoms with E-state index in [2.05, 4.69) is 21.2 Å². The SMILES string of the molecule is CCOc1ccccc1N1CCN(CC(=O)Nc2ccc(N3CCCC3=O)cc2)CC1. The minimum Gasteiger partial charge on any atom is -0.492 e. The molecule has 2 aliphatic heterocycles. The van der Waals surface area contributed by atoms with Gasteiger partial charge in [-0.25, -0.2) is 0 Å². The second-order valence-corrected chi connectivity index (χ2v) is 7.91. The van der Waals surface area contributed by atoms with Gasteiger partial charge < -0.3 is 19.9 Å². The topological polar surface area (TPSA) is 65.1 Å². The van der Waals surface area contributed by atoms with Crippen LogP contribution in [0.3, 0.4) is 0 Å². The molecule has 0 atom stereocenters. The van der Waals surface area contributed by atoms with Crippen LogP contribution < -0.4 is 19.9 Å². The Bertz CT molecular complexity index is 907. The number of carbonyl (C=O) groups is 2. The van der Waals surface area contributed by atoms with Crippen molar-refractivity contribution in [3.63, 3.8) is 0 Å². The molecular weight excluding hydrogens is 392 g/mol. The Kier molecular flexibility index (Phi) is 6.72. The highest BCUT2D eigenvalue weighted by Gasteiger charge is 2.22. The Morgan fingerprint density at radius 3 is 2.42 bits per heavy atom. The fourth-order valence-corrected chi connectivity index (χ4v) is 4.19. The smallest absolute Gasteiger partial charge is 0.238 e. The molecule has 0 unspecified atom stereocenters. The molecule has 0 saturated carbocycles. The van der Waals surface area contributed by atoms with Crippen LogP contribution in [0.2, 0.25) is 0 Å². The largest absolute Gasteiger partial charge is 0.492 e. The number of hydrogen-bond donors (Lipinski definition) is 1. The fraction of sp³-hybridized carbons (Fsp3) is 0.417. The summed E-state index contributed by atoms with van der Waals surface area (Å²) in [6.45, 7) is 7.14. The second-order valence-electron chi connectivity index (χ2n) is 7.91. The van der Waals surface area contributed by atoms with E-state index >= 15 is 0 Å². The average Bonchev–Trinajstić information content (AvgIpc) is 3.21. The van der Waals surface area contributed by atoms with Gasteiger partial charge in [-0.05, 0) is 49.7 Å². The summed E-state index contributed by atoms with van der Waals surface area (Å²) in [5, 5.41) is 2.97. The highest BCUT2D eigenvalue weighted by molar-refractivity contribution is 5.96. The Morgan fingerprint density at radius 2 is 1.74 bits per heavy atom. The van der Waals surface area contributed by atoms with Gasteiger partial charge in [0.1, 0.15) is 5.75 Å². The molecule has 0 spiro atoms. The first-order valence-electron chi connectivity index (χ1n) is 11.0.